The molecule has 16 radical (unpaired) electrons. The second-order valence-electron chi connectivity index (χ2n) is 0. The third-order valence-corrected chi connectivity index (χ3v) is 0. The average Bonchev–Trinajstić information content (AvgIpc) is 0. The summed E-state index contributed by atoms with van der Waals surface area (Å²) < 4.78 is 0. The molecule has 0 aliphatic carbocycles. The summed E-state index contributed by atoms with van der Waals surface area (Å²) in [5, 5.41) is 0. The molecule has 0 N–H and O–H groups in total. The first-order chi connectivity index (χ1) is 0. The van der Waals surface area contributed by atoms with E-state index in [4.69, 9.17) is 0 Å². The van der Waals surface area contributed by atoms with E-state index in [-0.39, 0.29) is 47.0 Å². The van der Waals surface area contributed by atoms with Crippen molar-refractivity contribution in [2.24, 2.45) is 0 Å². The van der Waals surface area contributed by atoms with E-state index in [2.05, 4.69) is 0 Å². The molecule has 0 amide bonds. The number of hydrogen-bond donors (Lipinski definition) is 0. The molecular formula is CGeSi2. The van der Waals surface area contributed by atoms with Crippen molar-refractivity contribution in [2.75, 3.05) is 0 Å². The fraction of sp³-hybridized carbons (Fsp3) is 0. The van der Waals surface area contributed by atoms with Crippen molar-refractivity contribution in [3.63, 3.8) is 0 Å². The minimum atomic E-state index is 0. The van der Waals surface area contributed by atoms with Crippen molar-refractivity contribution in [1.29, 1.82) is 0 Å². The third-order valence-electron chi connectivity index (χ3n) is 0. The number of hydrogen-bond acceptors (Lipinski definition) is 0. The zero-order valence-corrected chi connectivity index (χ0v) is 6.10. The van der Waals surface area contributed by atoms with E-state index in [1.165, 1.54) is 0 Å². The molecule has 0 saturated carbocycles. The number of rotatable bonds is 0. The van der Waals surface area contributed by atoms with Gasteiger partial charge in [-0.3, -0.25) is 0 Å². The summed E-state index contributed by atoms with van der Waals surface area (Å²) in [7, 11) is 0. The Morgan fingerprint density at radius 1 is 0.750 bits per heavy atom. The summed E-state index contributed by atoms with van der Waals surface area (Å²) in [6.45, 7) is 0. The molecule has 16 valence electrons. The normalized spacial score (nSPS) is 0. The molecule has 0 aliphatic heterocycles. The zero-order valence-electron chi connectivity index (χ0n) is 2.00. The molecule has 0 spiro atoms. The van der Waals surface area contributed by atoms with E-state index >= 15 is 0 Å². The van der Waals surface area contributed by atoms with Crippen LogP contribution in [0, 0.1) is 7.43 Å². The molecule has 0 fully saturated rings. The van der Waals surface area contributed by atoms with Gasteiger partial charge in [0.05, 0.1) is 0 Å². The largest absolute Gasteiger partial charge is 0 e. The summed E-state index contributed by atoms with van der Waals surface area (Å²) >= 11 is 0. The summed E-state index contributed by atoms with van der Waals surface area (Å²) in [6, 6.07) is 0. The maximum Gasteiger partial charge on any atom is 0 e. The van der Waals surface area contributed by atoms with E-state index < -0.39 is 0 Å². The zero-order chi connectivity index (χ0) is 0. The van der Waals surface area contributed by atoms with Crippen LogP contribution in [0.25, 0.3) is 0 Å². The molecule has 0 unspecified atom stereocenters. The molecule has 4 heavy (non-hydrogen) atoms. The molecule has 3 heteroatoms. The fourth-order valence-corrected chi connectivity index (χ4v) is 0. The first-order valence-corrected chi connectivity index (χ1v) is 0. The minimum absolute atomic E-state index is 0. The Kier molecular flexibility index (Phi) is 762. The van der Waals surface area contributed by atoms with Crippen molar-refractivity contribution < 1.29 is 0 Å². The Morgan fingerprint density at radius 2 is 0.750 bits per heavy atom. The fourth-order valence-electron chi connectivity index (χ4n) is 0. The van der Waals surface area contributed by atoms with E-state index in [0.717, 1.165) is 0 Å². The molecule has 0 rings (SSSR count). The standard InChI is InChI=1S/C.Ge.2Si. The van der Waals surface area contributed by atoms with Crippen LogP contribution in [0.2, 0.25) is 0 Å². The maximum atomic E-state index is 0. The van der Waals surface area contributed by atoms with Gasteiger partial charge in [-0.2, -0.15) is 0 Å². The smallest absolute Gasteiger partial charge is 0 e. The Balaban J connectivity index is 0. The van der Waals surface area contributed by atoms with Gasteiger partial charge >= 0.3 is 0 Å². The van der Waals surface area contributed by atoms with Crippen LogP contribution in [-0.4, -0.2) is 39.5 Å². The van der Waals surface area contributed by atoms with Crippen LogP contribution in [0.15, 0.2) is 0 Å². The Bertz CT molecular complexity index is 6.00. The first-order valence-electron chi connectivity index (χ1n) is 0. The molecule has 0 nitrogen and oxygen atoms in total. The molecule has 0 aromatic carbocycles. The van der Waals surface area contributed by atoms with Gasteiger partial charge in [0.2, 0.25) is 0 Å². The summed E-state index contributed by atoms with van der Waals surface area (Å²) in [5.41, 5.74) is 0. The van der Waals surface area contributed by atoms with Crippen LogP contribution < -0.4 is 0 Å². The first kappa shape index (κ1) is 82.5. The second kappa shape index (κ2) is 36.9. The van der Waals surface area contributed by atoms with Crippen molar-refractivity contribution in [3.05, 3.63) is 7.43 Å². The average molecular weight is 141 g/mol. The van der Waals surface area contributed by atoms with Crippen LogP contribution in [0.1, 0.15) is 0 Å². The van der Waals surface area contributed by atoms with Crippen molar-refractivity contribution in [2.45, 2.75) is 0 Å². The molecular weight excluding hydrogens is 141 g/mol. The van der Waals surface area contributed by atoms with E-state index in [0.29, 0.717) is 0 Å². The van der Waals surface area contributed by atoms with Gasteiger partial charge in [-0.1, -0.05) is 0 Å². The van der Waals surface area contributed by atoms with Crippen LogP contribution in [-0.2, 0) is 0 Å². The monoisotopic (exact) mass is 142 g/mol. The van der Waals surface area contributed by atoms with E-state index in [1.807, 2.05) is 0 Å². The van der Waals surface area contributed by atoms with Crippen molar-refractivity contribution in [3.8, 4) is 0 Å². The van der Waals surface area contributed by atoms with Crippen LogP contribution >= 0.6 is 0 Å². The molecule has 0 saturated heterocycles. The van der Waals surface area contributed by atoms with E-state index in [1.54, 1.807) is 0 Å². The predicted molar refractivity (Wildman–Crippen MR) is 20.5 cm³/mol. The van der Waals surface area contributed by atoms with Crippen LogP contribution in [0.4, 0.5) is 0 Å². The SMILES string of the molecule is [C].[Ge].[Si].[Si]. The van der Waals surface area contributed by atoms with Crippen molar-refractivity contribution >= 4 is 39.5 Å². The third kappa shape index (κ3) is 12.2. The van der Waals surface area contributed by atoms with Gasteiger partial charge in [-0.05, 0) is 0 Å². The van der Waals surface area contributed by atoms with E-state index in [9.17, 15) is 0 Å². The Morgan fingerprint density at radius 3 is 0.750 bits per heavy atom. The topological polar surface area (TPSA) is 0 Å². The van der Waals surface area contributed by atoms with Gasteiger partial charge in [0.25, 0.3) is 0 Å². The van der Waals surface area contributed by atoms with Crippen LogP contribution in [0.3, 0.4) is 0 Å². The minimum Gasteiger partial charge on any atom is 0 e. The molecule has 0 atom stereocenters. The Labute approximate surface area is 47.4 Å². The Hall–Kier alpha value is 0.977. The quantitative estimate of drug-likeness (QED) is 0.377. The molecule has 0 aliphatic rings. The molecule has 0 bridgehead atoms. The second-order valence-corrected chi connectivity index (χ2v) is 0. The van der Waals surface area contributed by atoms with Crippen molar-refractivity contribution in [1.82, 2.24) is 0 Å². The molecule has 0 aromatic heterocycles. The van der Waals surface area contributed by atoms with Gasteiger partial charge in [-0.25, -0.2) is 0 Å². The van der Waals surface area contributed by atoms with Gasteiger partial charge < -0.3 is 0 Å². The maximum absolute atomic E-state index is 0. The van der Waals surface area contributed by atoms with Crippen LogP contribution in [0.5, 0.6) is 0 Å². The summed E-state index contributed by atoms with van der Waals surface area (Å²) in [5.74, 6) is 0. The summed E-state index contributed by atoms with van der Waals surface area (Å²) in [6.07, 6.45) is 0. The predicted octanol–water partition coefficient (Wildman–Crippen LogP) is -1.06. The molecule has 0 heterocycles. The van der Waals surface area contributed by atoms with Gasteiger partial charge in [0.1, 0.15) is 0 Å². The van der Waals surface area contributed by atoms with Gasteiger partial charge in [0.15, 0.2) is 0 Å². The molecule has 0 aromatic rings. The van der Waals surface area contributed by atoms with Gasteiger partial charge in [-0.15, -0.1) is 0 Å². The summed E-state index contributed by atoms with van der Waals surface area (Å²) in [4.78, 5) is 0. The van der Waals surface area contributed by atoms with Gasteiger partial charge in [0, 0.05) is 47.0 Å².